The highest BCUT2D eigenvalue weighted by molar-refractivity contribution is 9.10. The summed E-state index contributed by atoms with van der Waals surface area (Å²) in [5, 5.41) is 6.47. The first-order valence-electron chi connectivity index (χ1n) is 11.4. The Morgan fingerprint density at radius 1 is 1.35 bits per heavy atom. The SMILES string of the molecule is CC(C)(C)OC(=O)NC1CCCN(c2ccncc2NC(=C2CC2)c2nc(Br)c(F)cc2N)C1. The van der Waals surface area contributed by atoms with Gasteiger partial charge < -0.3 is 26.0 Å². The minimum Gasteiger partial charge on any atom is -0.444 e. The van der Waals surface area contributed by atoms with Crippen LogP contribution in [0.2, 0.25) is 0 Å². The summed E-state index contributed by atoms with van der Waals surface area (Å²) in [5.41, 5.74) is 10.1. The third-order valence-electron chi connectivity index (χ3n) is 5.59. The number of carbonyl (C=O) groups excluding carboxylic acids is 1. The standard InChI is InChI=1S/C24H30BrFN6O2/c1-24(2,3)34-23(33)29-15-5-4-10-32(13-15)19-8-9-28-12-18(19)30-20(14-6-7-14)21-17(27)11-16(26)22(25)31-21/h8-9,11-12,15,30H,4-7,10,13,27H2,1-3H3,(H,29,33). The van der Waals surface area contributed by atoms with Gasteiger partial charge in [0.15, 0.2) is 5.82 Å². The topological polar surface area (TPSA) is 105 Å². The van der Waals surface area contributed by atoms with Gasteiger partial charge in [0.2, 0.25) is 0 Å². The van der Waals surface area contributed by atoms with E-state index in [4.69, 9.17) is 10.5 Å². The first kappa shape index (κ1) is 24.3. The van der Waals surface area contributed by atoms with Crippen molar-refractivity contribution in [2.24, 2.45) is 0 Å². The molecule has 8 nitrogen and oxygen atoms in total. The zero-order valence-electron chi connectivity index (χ0n) is 19.6. The van der Waals surface area contributed by atoms with Crippen molar-refractivity contribution >= 4 is 44.8 Å². The highest BCUT2D eigenvalue weighted by atomic mass is 79.9. The summed E-state index contributed by atoms with van der Waals surface area (Å²) in [5.74, 6) is -0.500. The Hall–Kier alpha value is -2.88. The van der Waals surface area contributed by atoms with Crippen molar-refractivity contribution in [2.75, 3.05) is 29.0 Å². The Balaban J connectivity index is 1.55. The lowest BCUT2D eigenvalue weighted by molar-refractivity contribution is 0.0500. The highest BCUT2D eigenvalue weighted by Gasteiger charge is 2.27. The first-order chi connectivity index (χ1) is 16.1. The smallest absolute Gasteiger partial charge is 0.407 e. The summed E-state index contributed by atoms with van der Waals surface area (Å²) >= 11 is 3.17. The maximum Gasteiger partial charge on any atom is 0.407 e. The fourth-order valence-electron chi connectivity index (χ4n) is 3.99. The van der Waals surface area contributed by atoms with E-state index in [0.717, 1.165) is 49.3 Å². The van der Waals surface area contributed by atoms with Crippen molar-refractivity contribution in [1.82, 2.24) is 15.3 Å². The third-order valence-corrected chi connectivity index (χ3v) is 6.15. The molecule has 2 aromatic heterocycles. The molecule has 0 bridgehead atoms. The molecular formula is C24H30BrFN6O2. The molecule has 0 radical (unpaired) electrons. The molecule has 2 aromatic rings. The number of anilines is 3. The summed E-state index contributed by atoms with van der Waals surface area (Å²) in [6.07, 6.45) is 6.77. The van der Waals surface area contributed by atoms with Crippen LogP contribution in [0.4, 0.5) is 26.2 Å². The van der Waals surface area contributed by atoms with Crippen LogP contribution in [-0.4, -0.2) is 40.8 Å². The number of carbonyl (C=O) groups is 1. The van der Waals surface area contributed by atoms with E-state index in [1.54, 1.807) is 12.4 Å². The monoisotopic (exact) mass is 532 g/mol. The van der Waals surface area contributed by atoms with E-state index in [-0.39, 0.29) is 16.3 Å². The number of allylic oxidation sites excluding steroid dienone is 1. The second-order valence-electron chi connectivity index (χ2n) is 9.63. The number of ether oxygens (including phenoxy) is 1. The van der Waals surface area contributed by atoms with Crippen LogP contribution in [0.1, 0.15) is 52.1 Å². The quantitative estimate of drug-likeness (QED) is 0.461. The van der Waals surface area contributed by atoms with Gasteiger partial charge in [-0.3, -0.25) is 4.98 Å². The number of halogens is 2. The number of nitrogens with zero attached hydrogens (tertiary/aromatic N) is 3. The zero-order chi connectivity index (χ0) is 24.5. The van der Waals surface area contributed by atoms with Crippen LogP contribution in [0, 0.1) is 5.82 Å². The van der Waals surface area contributed by atoms with Crippen LogP contribution in [-0.2, 0) is 4.74 Å². The van der Waals surface area contributed by atoms with Gasteiger partial charge in [0.25, 0.3) is 0 Å². The third kappa shape index (κ3) is 5.97. The molecule has 2 fully saturated rings. The van der Waals surface area contributed by atoms with Gasteiger partial charge in [-0.1, -0.05) is 0 Å². The molecule has 34 heavy (non-hydrogen) atoms. The number of alkyl carbamates (subject to hydrolysis) is 1. The van der Waals surface area contributed by atoms with E-state index in [1.807, 2.05) is 26.8 Å². The molecule has 4 N–H and O–H groups in total. The van der Waals surface area contributed by atoms with Crippen LogP contribution in [0.5, 0.6) is 0 Å². The molecule has 1 amide bonds. The molecule has 1 unspecified atom stereocenters. The number of piperidine rings is 1. The van der Waals surface area contributed by atoms with E-state index in [2.05, 4.69) is 41.4 Å². The number of rotatable bonds is 5. The number of hydrogen-bond donors (Lipinski definition) is 3. The molecule has 0 spiro atoms. The van der Waals surface area contributed by atoms with E-state index in [1.165, 1.54) is 11.6 Å². The lowest BCUT2D eigenvalue weighted by Gasteiger charge is -2.36. The van der Waals surface area contributed by atoms with Crippen LogP contribution < -0.4 is 21.3 Å². The number of pyridine rings is 2. The Bertz CT molecular complexity index is 1110. The van der Waals surface area contributed by atoms with Gasteiger partial charge in [0.05, 0.1) is 29.0 Å². The Kier molecular flexibility index (Phi) is 6.97. The van der Waals surface area contributed by atoms with E-state index in [0.29, 0.717) is 12.2 Å². The number of hydrogen-bond acceptors (Lipinski definition) is 7. The largest absolute Gasteiger partial charge is 0.444 e. The summed E-state index contributed by atoms with van der Waals surface area (Å²) in [6.45, 7) is 7.04. The Morgan fingerprint density at radius 3 is 2.82 bits per heavy atom. The Labute approximate surface area is 207 Å². The van der Waals surface area contributed by atoms with E-state index < -0.39 is 17.5 Å². The van der Waals surface area contributed by atoms with Gasteiger partial charge in [-0.15, -0.1) is 0 Å². The highest BCUT2D eigenvalue weighted by Crippen LogP contribution is 2.40. The molecular weight excluding hydrogens is 503 g/mol. The molecule has 1 aliphatic carbocycles. The van der Waals surface area contributed by atoms with Gasteiger partial charge in [0.1, 0.15) is 15.9 Å². The maximum atomic E-state index is 13.9. The number of nitrogens with two attached hydrogens (primary N) is 1. The summed E-state index contributed by atoms with van der Waals surface area (Å²) in [4.78, 5) is 23.2. The fraction of sp³-hybridized carbons (Fsp3) is 0.458. The van der Waals surface area contributed by atoms with Crippen LogP contribution in [0.3, 0.4) is 0 Å². The predicted octanol–water partition coefficient (Wildman–Crippen LogP) is 5.07. The van der Waals surface area contributed by atoms with Crippen molar-refractivity contribution in [2.45, 2.75) is 58.1 Å². The number of nitrogens with one attached hydrogen (secondary N) is 2. The number of nitrogen functional groups attached to an aromatic ring is 1. The van der Waals surface area contributed by atoms with Crippen molar-refractivity contribution in [3.05, 3.63) is 46.2 Å². The minimum atomic E-state index is -0.543. The average molecular weight is 533 g/mol. The zero-order valence-corrected chi connectivity index (χ0v) is 21.2. The van der Waals surface area contributed by atoms with Gasteiger partial charge in [-0.25, -0.2) is 14.2 Å². The van der Waals surface area contributed by atoms with Gasteiger partial charge in [-0.05, 0) is 74.0 Å². The molecule has 1 saturated carbocycles. The molecule has 0 aromatic carbocycles. The van der Waals surface area contributed by atoms with E-state index in [9.17, 15) is 9.18 Å². The second-order valence-corrected chi connectivity index (χ2v) is 10.4. The molecule has 4 rings (SSSR count). The van der Waals surface area contributed by atoms with Crippen LogP contribution in [0.25, 0.3) is 5.70 Å². The minimum absolute atomic E-state index is 0.0313. The summed E-state index contributed by atoms with van der Waals surface area (Å²) in [6, 6.07) is 3.19. The van der Waals surface area contributed by atoms with Gasteiger partial charge >= 0.3 is 6.09 Å². The van der Waals surface area contributed by atoms with Gasteiger partial charge in [-0.2, -0.15) is 0 Å². The van der Waals surface area contributed by atoms with Crippen LogP contribution in [0.15, 0.2) is 34.7 Å². The summed E-state index contributed by atoms with van der Waals surface area (Å²) < 4.78 is 19.5. The van der Waals surface area contributed by atoms with Crippen molar-refractivity contribution in [3.63, 3.8) is 0 Å². The second kappa shape index (κ2) is 9.77. The van der Waals surface area contributed by atoms with E-state index >= 15 is 0 Å². The van der Waals surface area contributed by atoms with Gasteiger partial charge in [0, 0.05) is 31.4 Å². The molecule has 3 heterocycles. The molecule has 1 atom stereocenters. The normalized spacial score (nSPS) is 17.9. The van der Waals surface area contributed by atoms with Crippen molar-refractivity contribution in [3.8, 4) is 0 Å². The molecule has 1 saturated heterocycles. The predicted molar refractivity (Wildman–Crippen MR) is 135 cm³/mol. The first-order valence-corrected chi connectivity index (χ1v) is 12.2. The van der Waals surface area contributed by atoms with Crippen LogP contribution >= 0.6 is 15.9 Å². The number of amides is 1. The molecule has 2 aliphatic rings. The lowest BCUT2D eigenvalue weighted by atomic mass is 10.0. The Morgan fingerprint density at radius 2 is 2.12 bits per heavy atom. The summed E-state index contributed by atoms with van der Waals surface area (Å²) in [7, 11) is 0. The molecule has 10 heteroatoms. The number of aromatic nitrogens is 2. The molecule has 182 valence electrons. The molecule has 1 aliphatic heterocycles. The maximum absolute atomic E-state index is 13.9. The van der Waals surface area contributed by atoms with Crippen molar-refractivity contribution < 1.29 is 13.9 Å². The average Bonchev–Trinajstić information content (AvgIpc) is 3.59. The fourth-order valence-corrected chi connectivity index (χ4v) is 4.28. The lowest BCUT2D eigenvalue weighted by Crippen LogP contribution is -2.49. The van der Waals surface area contributed by atoms with Crippen molar-refractivity contribution in [1.29, 1.82) is 0 Å².